The monoisotopic (exact) mass is 1520 g/mol. The quantitative estimate of drug-likeness (QED) is 0.0164. The second-order valence-corrected chi connectivity index (χ2v) is 31.9. The number of quaternary nitrogens is 1. The van der Waals surface area contributed by atoms with Crippen LogP contribution < -0.4 is 28.2 Å². The van der Waals surface area contributed by atoms with E-state index in [2.05, 4.69) is 226 Å². The maximum atomic E-state index is 14.8. The predicted octanol–water partition coefficient (Wildman–Crippen LogP) is 15.8. The fourth-order valence-electron chi connectivity index (χ4n) is 17.9. The minimum Gasteiger partial charge on any atom is -0.492 e. The Morgan fingerprint density at radius 1 is 0.500 bits per heavy atom. The summed E-state index contributed by atoms with van der Waals surface area (Å²) in [4.78, 5) is 50.6. The maximum absolute atomic E-state index is 14.8. The van der Waals surface area contributed by atoms with Crippen molar-refractivity contribution < 1.29 is 43.1 Å². The Bertz CT molecular complexity index is 5110. The highest BCUT2D eigenvalue weighted by atomic mass is 16.7. The van der Waals surface area contributed by atoms with Crippen LogP contribution in [0.5, 0.6) is 28.9 Å². The van der Waals surface area contributed by atoms with E-state index < -0.39 is 0 Å². The van der Waals surface area contributed by atoms with Gasteiger partial charge in [-0.15, -0.1) is 0 Å². The van der Waals surface area contributed by atoms with E-state index in [9.17, 15) is 9.90 Å². The highest BCUT2D eigenvalue weighted by Crippen LogP contribution is 2.69. The van der Waals surface area contributed by atoms with Gasteiger partial charge in [-0.3, -0.25) is 14.6 Å². The number of amides is 1. The van der Waals surface area contributed by atoms with Crippen molar-refractivity contribution in [3.8, 4) is 62.3 Å². The SMILES string of the molecule is CCN(CC)C(=O)COc1[nH]c2ccccc2c1[N+]1(c2c[nH]c3ccccc23)C(CN(C)C)=Cc2c(-c3c(CN(C)C)[nH]c4cc(OCCOC5CCCCO5)ccc34)c(-c3c(CN(C)C)[nH]c4cc(OCCN5CCCCCC5)ccc34)c(OCCO)c(-c3c(CN(C)C)[nH]c4cc(OCCN5CCCCC5)ccc34)c21. The van der Waals surface area contributed by atoms with Crippen LogP contribution in [0.25, 0.3) is 94.0 Å². The summed E-state index contributed by atoms with van der Waals surface area (Å²) < 4.78 is 47.8. The molecule has 0 spiro atoms. The van der Waals surface area contributed by atoms with E-state index in [1.807, 2.05) is 18.7 Å². The zero-order chi connectivity index (χ0) is 77.6. The number of aliphatic hydroxyl groups excluding tert-OH is 1. The van der Waals surface area contributed by atoms with E-state index in [0.717, 1.165) is 203 Å². The molecule has 0 saturated carbocycles. The van der Waals surface area contributed by atoms with Crippen LogP contribution in [0.4, 0.5) is 17.1 Å². The zero-order valence-corrected chi connectivity index (χ0v) is 67.6. The van der Waals surface area contributed by atoms with Crippen molar-refractivity contribution in [3.63, 3.8) is 0 Å². The number of benzene rings is 6. The Labute approximate surface area is 659 Å². The first-order chi connectivity index (χ1) is 54.6. The molecule has 3 fully saturated rings. The van der Waals surface area contributed by atoms with E-state index in [4.69, 9.17) is 33.2 Å². The number of nitrogens with one attached hydrogen (secondary N) is 5. The fraction of sp³-hybridized carbons (Fsp3) is 0.456. The summed E-state index contributed by atoms with van der Waals surface area (Å²) in [6, 6.07) is 36.5. The molecule has 5 aromatic heterocycles. The molecule has 0 bridgehead atoms. The minimum absolute atomic E-state index is 0.0614. The van der Waals surface area contributed by atoms with Crippen LogP contribution in [0.1, 0.15) is 101 Å². The molecule has 0 radical (unpaired) electrons. The van der Waals surface area contributed by atoms with Crippen molar-refractivity contribution in [2.75, 3.05) is 168 Å². The molecule has 0 aliphatic carbocycles. The van der Waals surface area contributed by atoms with Gasteiger partial charge in [-0.05, 0) is 202 Å². The van der Waals surface area contributed by atoms with E-state index in [0.29, 0.717) is 89.7 Å². The molecule has 15 rings (SSSR count). The van der Waals surface area contributed by atoms with Gasteiger partial charge in [0.05, 0.1) is 58.9 Å². The Morgan fingerprint density at radius 3 is 1.55 bits per heavy atom. The van der Waals surface area contributed by atoms with E-state index >= 15 is 0 Å². The largest absolute Gasteiger partial charge is 0.492 e. The van der Waals surface area contributed by atoms with Crippen LogP contribution in [-0.2, 0) is 33.9 Å². The maximum Gasteiger partial charge on any atom is 0.260 e. The lowest BCUT2D eigenvalue weighted by Crippen LogP contribution is -2.41. The number of nitrogens with zero attached hydrogens (tertiary/aromatic N) is 8. The van der Waals surface area contributed by atoms with Crippen molar-refractivity contribution in [1.29, 1.82) is 0 Å². The second kappa shape index (κ2) is 35.1. The van der Waals surface area contributed by atoms with Crippen LogP contribution in [0.15, 0.2) is 115 Å². The van der Waals surface area contributed by atoms with E-state index in [-0.39, 0.29) is 36.5 Å². The number of likely N-dealkylation sites (N-methyl/N-ethyl adjacent to an activating group) is 2. The molecule has 2 atom stereocenters. The summed E-state index contributed by atoms with van der Waals surface area (Å²) in [6.07, 6.45) is 16.0. The number of hydrogen-bond acceptors (Lipinski definition) is 15. The summed E-state index contributed by atoms with van der Waals surface area (Å²) in [5.41, 5.74) is 17.2. The third-order valence-electron chi connectivity index (χ3n) is 22.7. The molecule has 11 aromatic rings. The molecule has 594 valence electrons. The van der Waals surface area contributed by atoms with Gasteiger partial charge in [0, 0.05) is 154 Å². The molecule has 6 N–H and O–H groups in total. The van der Waals surface area contributed by atoms with Gasteiger partial charge in [-0.25, -0.2) is 0 Å². The second-order valence-electron chi connectivity index (χ2n) is 31.9. The average Bonchev–Trinajstić information content (AvgIpc) is 1.49. The summed E-state index contributed by atoms with van der Waals surface area (Å²) in [6.45, 7) is 14.9. The third-order valence-corrected chi connectivity index (χ3v) is 22.7. The van der Waals surface area contributed by atoms with Crippen LogP contribution in [0.3, 0.4) is 0 Å². The number of ether oxygens (including phenoxy) is 7. The lowest BCUT2D eigenvalue weighted by Gasteiger charge is -2.38. The summed E-state index contributed by atoms with van der Waals surface area (Å²) in [7, 11) is 17.0. The van der Waals surface area contributed by atoms with Gasteiger partial charge in [0.15, 0.2) is 24.3 Å². The number of aliphatic hydroxyl groups is 1. The standard InChI is InChI=1S/C90H116N13O9/c1-11-102(12-2)79(105)59-112-90-88(68-27-17-19-29-71(68)95-90)103(78-54-91-70-28-18-16-26-64(70)78)60(55-96(3)4)50-69-84(81-65-34-33-63(53-72(65)92-75(81)56-97(5)6)108-48-49-110-80-30-20-25-44-109-80)85(82-66-35-31-61(51-73(66)93-76(82)57-98(7)8)106-45-41-100-37-21-13-14-22-38-100)89(111-47-43-104)86(87(69)103)83-67-36-32-62(52-74(67)94-77(83)58-99(9)10)107-46-42-101-39-23-15-24-40-101/h16-19,26-29,31-36,50-54,80,91-95,104H,11-15,20-25,30,37-49,55-59H2,1-10H3/q+1. The number of carbonyl (C=O) groups excluding carboxylic acids is 1. The molecule has 4 aliphatic rings. The number of carbonyl (C=O) groups is 1. The molecule has 1 amide bonds. The number of rotatable bonds is 34. The first-order valence-corrected chi connectivity index (χ1v) is 40.9. The molecule has 3 saturated heterocycles. The zero-order valence-electron chi connectivity index (χ0n) is 67.6. The van der Waals surface area contributed by atoms with Gasteiger partial charge < -0.3 is 87.7 Å². The molecule has 22 nitrogen and oxygen atoms in total. The highest BCUT2D eigenvalue weighted by molar-refractivity contribution is 6.21. The summed E-state index contributed by atoms with van der Waals surface area (Å²) in [5.74, 6) is 3.13. The van der Waals surface area contributed by atoms with Crippen molar-refractivity contribution >= 4 is 83.6 Å². The van der Waals surface area contributed by atoms with Gasteiger partial charge in [0.1, 0.15) is 55.1 Å². The first-order valence-electron chi connectivity index (χ1n) is 40.9. The third kappa shape index (κ3) is 16.1. The van der Waals surface area contributed by atoms with Crippen molar-refractivity contribution in [3.05, 3.63) is 138 Å². The first kappa shape index (κ1) is 78.1. The Hall–Kier alpha value is -9.17. The Balaban J connectivity index is 1.11. The molecule has 112 heavy (non-hydrogen) atoms. The summed E-state index contributed by atoms with van der Waals surface area (Å²) >= 11 is 0. The van der Waals surface area contributed by atoms with Crippen molar-refractivity contribution in [2.24, 2.45) is 0 Å². The molecule has 6 aromatic carbocycles. The number of hydrogen-bond donors (Lipinski definition) is 6. The molecule has 22 heteroatoms. The number of likely N-dealkylation sites (tertiary alicyclic amines) is 2. The number of aromatic amines is 5. The van der Waals surface area contributed by atoms with Crippen LogP contribution in [0.2, 0.25) is 0 Å². The Kier molecular flexibility index (Phi) is 24.5. The van der Waals surface area contributed by atoms with Gasteiger partial charge in [-0.1, -0.05) is 43.5 Å². The number of H-pyrrole nitrogens is 5. The highest BCUT2D eigenvalue weighted by Gasteiger charge is 2.56. The molecule has 4 aliphatic heterocycles. The molecule has 9 heterocycles. The normalized spacial score (nSPS) is 17.3. The average molecular weight is 1520 g/mol. The molecular formula is C90H116N13O9+. The molecular weight excluding hydrogens is 1410 g/mol. The lowest BCUT2D eigenvalue weighted by atomic mass is 9.81. The smallest absolute Gasteiger partial charge is 0.260 e. The van der Waals surface area contributed by atoms with Crippen LogP contribution >= 0.6 is 0 Å². The summed E-state index contributed by atoms with van der Waals surface area (Å²) in [5, 5.41) is 16.6. The van der Waals surface area contributed by atoms with Crippen molar-refractivity contribution in [1.82, 2.24) is 63.7 Å². The number of fused-ring (bicyclic) bond motifs is 6. The number of aromatic nitrogens is 5. The van der Waals surface area contributed by atoms with Crippen LogP contribution in [0, 0.1) is 0 Å². The van der Waals surface area contributed by atoms with Gasteiger partial charge in [-0.2, -0.15) is 4.48 Å². The topological polar surface area (TPSA) is 204 Å². The predicted molar refractivity (Wildman–Crippen MR) is 452 cm³/mol. The number of piperidine rings is 1. The van der Waals surface area contributed by atoms with Gasteiger partial charge in [0.25, 0.3) is 11.8 Å². The van der Waals surface area contributed by atoms with E-state index in [1.165, 1.54) is 44.9 Å². The fourth-order valence-corrected chi connectivity index (χ4v) is 17.9. The minimum atomic E-state index is -0.299. The lowest BCUT2D eigenvalue weighted by molar-refractivity contribution is -0.165. The number of para-hydroxylation sites is 2. The van der Waals surface area contributed by atoms with Crippen molar-refractivity contribution in [2.45, 2.75) is 104 Å². The molecule has 2 unspecified atom stereocenters. The van der Waals surface area contributed by atoms with Crippen LogP contribution in [-0.4, -0.2) is 245 Å². The van der Waals surface area contributed by atoms with E-state index in [1.54, 1.807) is 0 Å². The van der Waals surface area contributed by atoms with Gasteiger partial charge >= 0.3 is 0 Å². The van der Waals surface area contributed by atoms with Gasteiger partial charge in [0.2, 0.25) is 5.69 Å². The Morgan fingerprint density at radius 2 is 1.02 bits per heavy atom.